The SMILES string of the molecule is COc1cc(NC(=S)N(Cc2ccc(F)cc2)C2CCCC2)ccc1Cl. The molecule has 0 atom stereocenters. The molecule has 1 saturated carbocycles. The standard InChI is InChI=1S/C20H22ClFN2OS/c1-25-19-12-16(10-11-18(19)21)23-20(26)24(17-4-2-3-5-17)13-14-6-8-15(22)9-7-14/h6-12,17H,2-5,13H2,1H3,(H,23,26). The molecule has 0 bridgehead atoms. The van der Waals surface area contributed by atoms with Gasteiger partial charge in [-0.25, -0.2) is 4.39 Å². The maximum atomic E-state index is 13.2. The average molecular weight is 393 g/mol. The third-order valence-electron chi connectivity index (χ3n) is 4.69. The first-order valence-electron chi connectivity index (χ1n) is 8.72. The van der Waals surface area contributed by atoms with Crippen LogP contribution in [0.15, 0.2) is 42.5 Å². The quantitative estimate of drug-likeness (QED) is 0.666. The van der Waals surface area contributed by atoms with Gasteiger partial charge in [-0.3, -0.25) is 0 Å². The van der Waals surface area contributed by atoms with Crippen molar-refractivity contribution in [2.75, 3.05) is 12.4 Å². The van der Waals surface area contributed by atoms with Gasteiger partial charge in [0.05, 0.1) is 12.1 Å². The van der Waals surface area contributed by atoms with Gasteiger partial charge in [-0.1, -0.05) is 36.6 Å². The van der Waals surface area contributed by atoms with Gasteiger partial charge in [-0.15, -0.1) is 0 Å². The molecule has 26 heavy (non-hydrogen) atoms. The number of halogens is 2. The molecule has 0 amide bonds. The van der Waals surface area contributed by atoms with E-state index in [1.165, 1.54) is 25.0 Å². The van der Waals surface area contributed by atoms with Crippen molar-refractivity contribution in [3.05, 3.63) is 58.9 Å². The van der Waals surface area contributed by atoms with Gasteiger partial charge in [0.1, 0.15) is 11.6 Å². The molecule has 0 heterocycles. The molecule has 3 rings (SSSR count). The fraction of sp³-hybridized carbons (Fsp3) is 0.350. The first-order valence-corrected chi connectivity index (χ1v) is 9.51. The van der Waals surface area contributed by atoms with E-state index in [-0.39, 0.29) is 5.82 Å². The molecule has 1 aliphatic carbocycles. The molecule has 0 aromatic heterocycles. The number of ether oxygens (including phenoxy) is 1. The Balaban J connectivity index is 1.77. The summed E-state index contributed by atoms with van der Waals surface area (Å²) in [5, 5.41) is 4.51. The number of rotatable bonds is 5. The zero-order chi connectivity index (χ0) is 18.5. The lowest BCUT2D eigenvalue weighted by Crippen LogP contribution is -2.40. The van der Waals surface area contributed by atoms with Crippen LogP contribution in [0.25, 0.3) is 0 Å². The van der Waals surface area contributed by atoms with Gasteiger partial charge in [0, 0.05) is 24.3 Å². The zero-order valence-corrected chi connectivity index (χ0v) is 16.2. The number of anilines is 1. The van der Waals surface area contributed by atoms with Crippen molar-refractivity contribution in [2.24, 2.45) is 0 Å². The Morgan fingerprint density at radius 3 is 2.58 bits per heavy atom. The van der Waals surface area contributed by atoms with Gasteiger partial charge in [-0.2, -0.15) is 0 Å². The van der Waals surface area contributed by atoms with E-state index >= 15 is 0 Å². The predicted octanol–water partition coefficient (Wildman–Crippen LogP) is 5.63. The van der Waals surface area contributed by atoms with E-state index < -0.39 is 0 Å². The number of nitrogens with zero attached hydrogens (tertiary/aromatic N) is 1. The van der Waals surface area contributed by atoms with Crippen LogP contribution in [0.3, 0.4) is 0 Å². The van der Waals surface area contributed by atoms with Crippen LogP contribution in [0.2, 0.25) is 5.02 Å². The molecule has 3 nitrogen and oxygen atoms in total. The van der Waals surface area contributed by atoms with Gasteiger partial charge in [0.2, 0.25) is 0 Å². The van der Waals surface area contributed by atoms with E-state index in [9.17, 15) is 4.39 Å². The van der Waals surface area contributed by atoms with Crippen molar-refractivity contribution >= 4 is 34.6 Å². The van der Waals surface area contributed by atoms with E-state index in [4.69, 9.17) is 28.6 Å². The number of nitrogens with one attached hydrogen (secondary N) is 1. The molecule has 6 heteroatoms. The summed E-state index contributed by atoms with van der Waals surface area (Å²) in [7, 11) is 1.59. The minimum absolute atomic E-state index is 0.227. The fourth-order valence-corrected chi connectivity index (χ4v) is 3.83. The summed E-state index contributed by atoms with van der Waals surface area (Å²) < 4.78 is 18.5. The van der Waals surface area contributed by atoms with Gasteiger partial charge >= 0.3 is 0 Å². The summed E-state index contributed by atoms with van der Waals surface area (Å²) in [5.41, 5.74) is 1.87. The number of methoxy groups -OCH3 is 1. The van der Waals surface area contributed by atoms with Crippen LogP contribution in [0.5, 0.6) is 5.75 Å². The second-order valence-corrected chi connectivity index (χ2v) is 7.27. The predicted molar refractivity (Wildman–Crippen MR) is 108 cm³/mol. The topological polar surface area (TPSA) is 24.5 Å². The lowest BCUT2D eigenvalue weighted by molar-refractivity contribution is 0.312. The highest BCUT2D eigenvalue weighted by molar-refractivity contribution is 7.80. The van der Waals surface area contributed by atoms with Crippen molar-refractivity contribution in [3.8, 4) is 5.75 Å². The average Bonchev–Trinajstić information content (AvgIpc) is 3.17. The van der Waals surface area contributed by atoms with E-state index in [0.29, 0.717) is 28.5 Å². The van der Waals surface area contributed by atoms with Crippen LogP contribution in [-0.2, 0) is 6.54 Å². The summed E-state index contributed by atoms with van der Waals surface area (Å²) >= 11 is 11.8. The second kappa shape index (κ2) is 8.69. The van der Waals surface area contributed by atoms with E-state index in [1.54, 1.807) is 13.2 Å². The molecule has 0 aliphatic heterocycles. The van der Waals surface area contributed by atoms with Gasteiger partial charge in [0.15, 0.2) is 5.11 Å². The lowest BCUT2D eigenvalue weighted by atomic mass is 10.1. The molecular weight excluding hydrogens is 371 g/mol. The fourth-order valence-electron chi connectivity index (χ4n) is 3.30. The molecule has 2 aromatic carbocycles. The van der Waals surface area contributed by atoms with Crippen LogP contribution < -0.4 is 10.1 Å². The molecule has 138 valence electrons. The monoisotopic (exact) mass is 392 g/mol. The van der Waals surface area contributed by atoms with Crippen LogP contribution >= 0.6 is 23.8 Å². The van der Waals surface area contributed by atoms with Crippen LogP contribution in [0.1, 0.15) is 31.2 Å². The third kappa shape index (κ3) is 4.65. The second-order valence-electron chi connectivity index (χ2n) is 6.47. The first kappa shape index (κ1) is 18.9. The van der Waals surface area contributed by atoms with Gasteiger partial charge in [0.25, 0.3) is 0 Å². The van der Waals surface area contributed by atoms with Crippen molar-refractivity contribution in [2.45, 2.75) is 38.3 Å². The zero-order valence-electron chi connectivity index (χ0n) is 14.7. The Hall–Kier alpha value is -1.85. The van der Waals surface area contributed by atoms with Crippen molar-refractivity contribution in [3.63, 3.8) is 0 Å². The van der Waals surface area contributed by atoms with Crippen molar-refractivity contribution < 1.29 is 9.13 Å². The Morgan fingerprint density at radius 1 is 1.23 bits per heavy atom. The number of benzene rings is 2. The Labute approximate surface area is 164 Å². The highest BCUT2D eigenvalue weighted by Gasteiger charge is 2.25. The molecule has 1 N–H and O–H groups in total. The Kier molecular flexibility index (Phi) is 6.33. The van der Waals surface area contributed by atoms with Crippen LogP contribution in [-0.4, -0.2) is 23.2 Å². The summed E-state index contributed by atoms with van der Waals surface area (Å²) in [5.74, 6) is 0.376. The lowest BCUT2D eigenvalue weighted by Gasteiger charge is -2.32. The highest BCUT2D eigenvalue weighted by atomic mass is 35.5. The highest BCUT2D eigenvalue weighted by Crippen LogP contribution is 2.29. The Bertz CT molecular complexity index is 763. The maximum absolute atomic E-state index is 13.2. The Morgan fingerprint density at radius 2 is 1.92 bits per heavy atom. The summed E-state index contributed by atoms with van der Waals surface area (Å²) in [6.45, 7) is 0.654. The van der Waals surface area contributed by atoms with Crippen molar-refractivity contribution in [1.82, 2.24) is 4.90 Å². The third-order valence-corrected chi connectivity index (χ3v) is 5.34. The van der Waals surface area contributed by atoms with Gasteiger partial charge < -0.3 is 15.0 Å². The van der Waals surface area contributed by atoms with E-state index in [0.717, 1.165) is 24.1 Å². The summed E-state index contributed by atoms with van der Waals surface area (Å²) in [6.07, 6.45) is 4.66. The summed E-state index contributed by atoms with van der Waals surface area (Å²) in [4.78, 5) is 2.21. The molecule has 1 aliphatic rings. The van der Waals surface area contributed by atoms with Gasteiger partial charge in [-0.05, 0) is 54.9 Å². The molecule has 0 spiro atoms. The number of hydrogen-bond acceptors (Lipinski definition) is 2. The largest absolute Gasteiger partial charge is 0.495 e. The minimum atomic E-state index is -0.227. The summed E-state index contributed by atoms with van der Waals surface area (Å²) in [6, 6.07) is 12.5. The molecule has 1 fully saturated rings. The van der Waals surface area contributed by atoms with E-state index in [1.807, 2.05) is 24.3 Å². The maximum Gasteiger partial charge on any atom is 0.173 e. The molecule has 0 radical (unpaired) electrons. The molecule has 0 unspecified atom stereocenters. The number of thiocarbonyl (C=S) groups is 1. The van der Waals surface area contributed by atoms with Crippen LogP contribution in [0.4, 0.5) is 10.1 Å². The first-order chi connectivity index (χ1) is 12.6. The molecular formula is C20H22ClFN2OS. The van der Waals surface area contributed by atoms with Crippen LogP contribution in [0, 0.1) is 5.82 Å². The smallest absolute Gasteiger partial charge is 0.173 e. The molecule has 0 saturated heterocycles. The van der Waals surface area contributed by atoms with E-state index in [2.05, 4.69) is 10.2 Å². The molecule has 2 aromatic rings. The minimum Gasteiger partial charge on any atom is -0.495 e. The van der Waals surface area contributed by atoms with Crippen molar-refractivity contribution in [1.29, 1.82) is 0 Å². The normalized spacial score (nSPS) is 14.3. The number of hydrogen-bond donors (Lipinski definition) is 1.